The summed E-state index contributed by atoms with van der Waals surface area (Å²) in [6, 6.07) is 10.7. The summed E-state index contributed by atoms with van der Waals surface area (Å²) in [5.41, 5.74) is 1.29. The molecular weight excluding hydrogens is 536 g/mol. The minimum absolute atomic E-state index is 0.0334. The molecule has 3 rings (SSSR count). The molecule has 0 bridgehead atoms. The van der Waals surface area contributed by atoms with Gasteiger partial charge < -0.3 is 20.7 Å². The summed E-state index contributed by atoms with van der Waals surface area (Å²) in [6.45, 7) is 5.06. The zero-order valence-corrected chi connectivity index (χ0v) is 22.6. The fraction of sp³-hybridized carbons (Fsp3) is 0.345. The van der Waals surface area contributed by atoms with Crippen molar-refractivity contribution in [2.75, 3.05) is 33.4 Å². The Bertz CT molecular complexity index is 1340. The first-order chi connectivity index (χ1) is 19.7. The highest BCUT2D eigenvalue weighted by molar-refractivity contribution is 5.98. The van der Waals surface area contributed by atoms with Crippen LogP contribution in [0.15, 0.2) is 48.5 Å². The molecule has 1 heterocycles. The normalized spacial score (nSPS) is 15.2. The molecule has 4 amide bonds. The fourth-order valence-electron chi connectivity index (χ4n) is 3.95. The van der Waals surface area contributed by atoms with E-state index in [2.05, 4.69) is 39.2 Å². The lowest BCUT2D eigenvalue weighted by Crippen LogP contribution is -2.69. The third-order valence-electron chi connectivity index (χ3n) is 6.40. The molecule has 0 spiro atoms. The van der Waals surface area contributed by atoms with E-state index in [4.69, 9.17) is 9.94 Å². The van der Waals surface area contributed by atoms with Crippen LogP contribution in [0.2, 0.25) is 0 Å². The Kier molecular flexibility index (Phi) is 11.2. The maximum atomic E-state index is 13.9. The molecule has 0 saturated carbocycles. The van der Waals surface area contributed by atoms with Crippen LogP contribution in [0, 0.1) is 23.7 Å². The number of hydrogen-bond donors (Lipinski definition) is 5. The molecule has 12 heteroatoms. The van der Waals surface area contributed by atoms with Gasteiger partial charge in [-0.2, -0.15) is 0 Å². The van der Waals surface area contributed by atoms with Crippen LogP contribution in [-0.2, 0) is 16.1 Å². The highest BCUT2D eigenvalue weighted by Gasteiger charge is 2.48. The van der Waals surface area contributed by atoms with Crippen LogP contribution in [0.4, 0.5) is 13.6 Å². The number of hydrogen-bond acceptors (Lipinski definition) is 6. The number of nitrogens with one attached hydrogen (secondary N) is 4. The molecule has 0 aromatic heterocycles. The average Bonchev–Trinajstić information content (AvgIpc) is 2.99. The molecule has 1 saturated heterocycles. The Balaban J connectivity index is 1.63. The van der Waals surface area contributed by atoms with Gasteiger partial charge in [-0.15, -0.1) is 0 Å². The highest BCUT2D eigenvalue weighted by atomic mass is 19.3. The molecular formula is C29H31F2N5O5. The van der Waals surface area contributed by atoms with Gasteiger partial charge in [-0.25, -0.2) is 19.1 Å². The van der Waals surface area contributed by atoms with Gasteiger partial charge in [0.05, 0.1) is 13.2 Å². The molecule has 2 aromatic carbocycles. The molecule has 10 nitrogen and oxygen atoms in total. The van der Waals surface area contributed by atoms with Crippen molar-refractivity contribution in [2.24, 2.45) is 0 Å². The summed E-state index contributed by atoms with van der Waals surface area (Å²) in [7, 11) is 1.20. The lowest BCUT2D eigenvalue weighted by molar-refractivity contribution is -0.135. The van der Waals surface area contributed by atoms with Gasteiger partial charge in [0, 0.05) is 43.4 Å². The second-order valence-corrected chi connectivity index (χ2v) is 9.33. The van der Waals surface area contributed by atoms with E-state index < -0.39 is 35.9 Å². The summed E-state index contributed by atoms with van der Waals surface area (Å²) >= 11 is 0. The zero-order valence-electron chi connectivity index (χ0n) is 22.6. The van der Waals surface area contributed by atoms with Crippen molar-refractivity contribution < 1.29 is 33.1 Å². The van der Waals surface area contributed by atoms with E-state index in [0.29, 0.717) is 5.56 Å². The first-order valence-corrected chi connectivity index (χ1v) is 12.7. The zero-order chi connectivity index (χ0) is 29.8. The molecule has 2 atom stereocenters. The summed E-state index contributed by atoms with van der Waals surface area (Å²) in [6.07, 6.45) is -3.28. The molecule has 0 aliphatic carbocycles. The lowest BCUT2D eigenvalue weighted by Gasteiger charge is -2.36. The van der Waals surface area contributed by atoms with Crippen molar-refractivity contribution in [2.45, 2.75) is 31.5 Å². The maximum absolute atomic E-state index is 13.9. The minimum atomic E-state index is -3.28. The number of ether oxygens (including phenoxy) is 1. The number of halogens is 2. The summed E-state index contributed by atoms with van der Waals surface area (Å²) in [5.74, 6) is 9.14. The molecule has 1 aliphatic heterocycles. The Morgan fingerprint density at radius 2 is 1.56 bits per heavy atom. The Morgan fingerprint density at radius 3 is 2.07 bits per heavy atom. The van der Waals surface area contributed by atoms with Gasteiger partial charge in [0.2, 0.25) is 0 Å². The quantitative estimate of drug-likeness (QED) is 0.187. The van der Waals surface area contributed by atoms with Crippen LogP contribution in [0.25, 0.3) is 0 Å². The number of carbonyl (C=O) groups excluding carboxylic acids is 3. The van der Waals surface area contributed by atoms with Crippen LogP contribution < -0.4 is 21.4 Å². The largest absolute Gasteiger partial charge is 0.379 e. The van der Waals surface area contributed by atoms with Gasteiger partial charge in [0.25, 0.3) is 18.2 Å². The van der Waals surface area contributed by atoms with Crippen molar-refractivity contribution in [1.29, 1.82) is 0 Å². The first kappa shape index (κ1) is 31.0. The molecule has 216 valence electrons. The van der Waals surface area contributed by atoms with Crippen molar-refractivity contribution in [3.05, 3.63) is 70.8 Å². The third kappa shape index (κ3) is 8.75. The molecule has 2 aromatic rings. The number of alkyl halides is 2. The second-order valence-electron chi connectivity index (χ2n) is 9.33. The summed E-state index contributed by atoms with van der Waals surface area (Å²) < 4.78 is 33.2. The Morgan fingerprint density at radius 1 is 1.00 bits per heavy atom. The van der Waals surface area contributed by atoms with Gasteiger partial charge in [-0.05, 0) is 60.7 Å². The monoisotopic (exact) mass is 567 g/mol. The molecule has 1 aliphatic rings. The van der Waals surface area contributed by atoms with Crippen molar-refractivity contribution in [3.63, 3.8) is 0 Å². The average molecular weight is 568 g/mol. The highest BCUT2D eigenvalue weighted by Crippen LogP contribution is 2.21. The van der Waals surface area contributed by atoms with Gasteiger partial charge in [-0.3, -0.25) is 19.7 Å². The van der Waals surface area contributed by atoms with Gasteiger partial charge >= 0.3 is 6.03 Å². The second kappa shape index (κ2) is 14.8. The summed E-state index contributed by atoms with van der Waals surface area (Å²) in [4.78, 5) is 39.0. The van der Waals surface area contributed by atoms with Crippen molar-refractivity contribution in [1.82, 2.24) is 26.3 Å². The molecule has 41 heavy (non-hydrogen) atoms. The maximum Gasteiger partial charge on any atom is 0.315 e. The van der Waals surface area contributed by atoms with Crippen LogP contribution in [0.3, 0.4) is 0 Å². The number of benzene rings is 2. The lowest BCUT2D eigenvalue weighted by atomic mass is 9.91. The van der Waals surface area contributed by atoms with E-state index in [-0.39, 0.29) is 5.56 Å². The number of hydroxylamine groups is 1. The van der Waals surface area contributed by atoms with Crippen LogP contribution in [0.5, 0.6) is 0 Å². The van der Waals surface area contributed by atoms with Crippen molar-refractivity contribution in [3.8, 4) is 23.7 Å². The van der Waals surface area contributed by atoms with Crippen LogP contribution >= 0.6 is 0 Å². The minimum Gasteiger partial charge on any atom is -0.379 e. The predicted octanol–water partition coefficient (Wildman–Crippen LogP) is 1.48. The number of carbonyl (C=O) groups is 3. The van der Waals surface area contributed by atoms with E-state index in [1.807, 2.05) is 29.6 Å². The molecule has 0 radical (unpaired) electrons. The van der Waals surface area contributed by atoms with Crippen LogP contribution in [0.1, 0.15) is 34.0 Å². The van der Waals surface area contributed by atoms with Gasteiger partial charge in [-0.1, -0.05) is 24.0 Å². The standard InChI is InChI=1S/C29H31F2N5O5/c1-29(27(30)31,34-28(39)32-2)24(26(38)35-40)33-25(37)23-13-11-21(12-14-23)6-4-3-5-20-7-9-22(10-8-20)19-36-15-17-41-18-16-36/h7-14,24,27,40H,15-19H2,1-2H3,(H,33,37)(H,35,38)(H2,32,34,39). The van der Waals surface area contributed by atoms with E-state index in [0.717, 1.165) is 45.3 Å². The SMILES string of the molecule is CNC(=O)NC(C)(C(F)F)C(NC(=O)c1ccc(C#CC#Cc2ccc(CN3CCOCC3)cc2)cc1)C(=O)NO. The fourth-order valence-corrected chi connectivity index (χ4v) is 3.95. The number of rotatable bonds is 8. The molecule has 5 N–H and O–H groups in total. The van der Waals surface area contributed by atoms with E-state index in [9.17, 15) is 23.2 Å². The number of amides is 4. The smallest absolute Gasteiger partial charge is 0.315 e. The number of urea groups is 1. The Labute approximate surface area is 236 Å². The predicted molar refractivity (Wildman–Crippen MR) is 146 cm³/mol. The Hall–Kier alpha value is -4.49. The van der Waals surface area contributed by atoms with E-state index in [1.165, 1.54) is 42.4 Å². The van der Waals surface area contributed by atoms with E-state index >= 15 is 0 Å². The molecule has 2 unspecified atom stereocenters. The van der Waals surface area contributed by atoms with Crippen molar-refractivity contribution >= 4 is 17.8 Å². The van der Waals surface area contributed by atoms with Crippen LogP contribution in [-0.4, -0.2) is 79.3 Å². The summed E-state index contributed by atoms with van der Waals surface area (Å²) in [5, 5.41) is 15.3. The third-order valence-corrected chi connectivity index (χ3v) is 6.40. The molecule has 1 fully saturated rings. The van der Waals surface area contributed by atoms with Gasteiger partial charge in [0.15, 0.2) is 0 Å². The first-order valence-electron chi connectivity index (χ1n) is 12.7. The topological polar surface area (TPSA) is 132 Å². The number of nitrogens with zero attached hydrogens (tertiary/aromatic N) is 1. The van der Waals surface area contributed by atoms with E-state index in [1.54, 1.807) is 0 Å². The number of morpholine rings is 1. The van der Waals surface area contributed by atoms with Gasteiger partial charge in [0.1, 0.15) is 11.6 Å².